The minimum atomic E-state index is 0.178. The van der Waals surface area contributed by atoms with Gasteiger partial charge in [0.2, 0.25) is 5.13 Å². The van der Waals surface area contributed by atoms with E-state index in [9.17, 15) is 0 Å². The van der Waals surface area contributed by atoms with Crippen LogP contribution >= 0.6 is 11.3 Å². The van der Waals surface area contributed by atoms with Crippen LogP contribution in [0.4, 0.5) is 5.13 Å². The quantitative estimate of drug-likeness (QED) is 0.764. The van der Waals surface area contributed by atoms with E-state index in [4.69, 9.17) is 5.73 Å². The van der Waals surface area contributed by atoms with E-state index in [1.54, 1.807) is 11.3 Å². The van der Waals surface area contributed by atoms with Crippen molar-refractivity contribution < 1.29 is 0 Å². The van der Waals surface area contributed by atoms with E-state index >= 15 is 0 Å². The fraction of sp³-hybridized carbons (Fsp3) is 0.750. The van der Waals surface area contributed by atoms with Crippen LogP contribution in [0.1, 0.15) is 18.9 Å². The van der Waals surface area contributed by atoms with Gasteiger partial charge in [-0.05, 0) is 5.92 Å². The summed E-state index contributed by atoms with van der Waals surface area (Å²) in [6.07, 6.45) is 0.816. The highest BCUT2D eigenvalue weighted by molar-refractivity contribution is 7.15. The summed E-state index contributed by atoms with van der Waals surface area (Å²) in [6.45, 7) is 4.23. The molecule has 0 bridgehead atoms. The molecule has 13 heavy (non-hydrogen) atoms. The fourth-order valence-electron chi connectivity index (χ4n) is 0.874. The molecule has 1 rings (SSSR count). The highest BCUT2D eigenvalue weighted by Crippen LogP contribution is 2.16. The van der Waals surface area contributed by atoms with E-state index in [0.717, 1.165) is 16.6 Å². The van der Waals surface area contributed by atoms with Gasteiger partial charge in [-0.1, -0.05) is 25.2 Å². The predicted octanol–water partition coefficient (Wildman–Crippen LogP) is 1.11. The molecular formula is C8H16N4S. The monoisotopic (exact) mass is 200 g/mol. The lowest BCUT2D eigenvalue weighted by Crippen LogP contribution is -2.28. The Morgan fingerprint density at radius 2 is 2.15 bits per heavy atom. The van der Waals surface area contributed by atoms with Gasteiger partial charge >= 0.3 is 0 Å². The molecule has 1 aromatic heterocycles. The molecule has 0 saturated heterocycles. The molecule has 1 heterocycles. The van der Waals surface area contributed by atoms with Gasteiger partial charge in [-0.15, -0.1) is 10.2 Å². The molecule has 0 aliphatic carbocycles. The molecule has 0 unspecified atom stereocenters. The first-order valence-electron chi connectivity index (χ1n) is 4.39. The Morgan fingerprint density at radius 1 is 1.46 bits per heavy atom. The number of nitrogens with two attached hydrogens (primary N) is 1. The van der Waals surface area contributed by atoms with Gasteiger partial charge in [0.1, 0.15) is 5.01 Å². The average Bonchev–Trinajstić information content (AvgIpc) is 2.52. The molecule has 0 radical (unpaired) electrons. The van der Waals surface area contributed by atoms with Gasteiger partial charge in [0.25, 0.3) is 0 Å². The van der Waals surface area contributed by atoms with Crippen LogP contribution in [0.15, 0.2) is 0 Å². The van der Waals surface area contributed by atoms with E-state index in [1.807, 2.05) is 7.05 Å². The third-order valence-corrected chi connectivity index (χ3v) is 2.91. The minimum absolute atomic E-state index is 0.178. The molecule has 1 atom stereocenters. The summed E-state index contributed by atoms with van der Waals surface area (Å²) in [7, 11) is 1.84. The standard InChI is InChI=1S/C8H16N4S/c1-5(2)6(9)4-7-11-12-8(10-3)13-7/h5-6H,4,9H2,1-3H3,(H,10,12)/t6-/m1/s1. The average molecular weight is 200 g/mol. The van der Waals surface area contributed by atoms with E-state index in [2.05, 4.69) is 29.4 Å². The van der Waals surface area contributed by atoms with Crippen molar-refractivity contribution in [2.75, 3.05) is 12.4 Å². The maximum absolute atomic E-state index is 5.92. The van der Waals surface area contributed by atoms with Crippen LogP contribution < -0.4 is 11.1 Å². The summed E-state index contributed by atoms with van der Waals surface area (Å²) in [4.78, 5) is 0. The van der Waals surface area contributed by atoms with Crippen LogP contribution in [-0.4, -0.2) is 23.3 Å². The number of rotatable bonds is 4. The van der Waals surface area contributed by atoms with Crippen molar-refractivity contribution in [3.63, 3.8) is 0 Å². The van der Waals surface area contributed by atoms with Gasteiger partial charge in [0.05, 0.1) is 0 Å². The summed E-state index contributed by atoms with van der Waals surface area (Å²) >= 11 is 1.57. The Labute approximate surface area is 82.6 Å². The third kappa shape index (κ3) is 2.93. The second-order valence-corrected chi connectivity index (χ2v) is 4.43. The van der Waals surface area contributed by atoms with E-state index in [-0.39, 0.29) is 6.04 Å². The second kappa shape index (κ2) is 4.53. The van der Waals surface area contributed by atoms with E-state index < -0.39 is 0 Å². The van der Waals surface area contributed by atoms with Crippen LogP contribution in [0.5, 0.6) is 0 Å². The van der Waals surface area contributed by atoms with Crippen LogP contribution in [-0.2, 0) is 6.42 Å². The van der Waals surface area contributed by atoms with Crippen molar-refractivity contribution >= 4 is 16.5 Å². The second-order valence-electron chi connectivity index (χ2n) is 3.36. The smallest absolute Gasteiger partial charge is 0.205 e. The van der Waals surface area contributed by atoms with Crippen LogP contribution in [0.2, 0.25) is 0 Å². The van der Waals surface area contributed by atoms with Crippen molar-refractivity contribution in [1.29, 1.82) is 0 Å². The van der Waals surface area contributed by atoms with E-state index in [0.29, 0.717) is 5.92 Å². The molecule has 4 nitrogen and oxygen atoms in total. The molecule has 0 aromatic carbocycles. The Hall–Kier alpha value is -0.680. The SMILES string of the molecule is CNc1nnc(C[C@@H](N)C(C)C)s1. The van der Waals surface area contributed by atoms with Crippen molar-refractivity contribution in [1.82, 2.24) is 10.2 Å². The molecule has 0 amide bonds. The van der Waals surface area contributed by atoms with Crippen molar-refractivity contribution in [2.24, 2.45) is 11.7 Å². The van der Waals surface area contributed by atoms with Crippen molar-refractivity contribution in [3.05, 3.63) is 5.01 Å². The molecule has 0 saturated carbocycles. The summed E-state index contributed by atoms with van der Waals surface area (Å²) < 4.78 is 0. The van der Waals surface area contributed by atoms with E-state index in [1.165, 1.54) is 0 Å². The van der Waals surface area contributed by atoms with Crippen molar-refractivity contribution in [3.8, 4) is 0 Å². The lowest BCUT2D eigenvalue weighted by atomic mass is 10.0. The van der Waals surface area contributed by atoms with Crippen LogP contribution in [0, 0.1) is 5.92 Å². The molecule has 74 valence electrons. The minimum Gasteiger partial charge on any atom is -0.363 e. The molecular weight excluding hydrogens is 184 g/mol. The Balaban J connectivity index is 2.53. The number of nitrogens with zero attached hydrogens (tertiary/aromatic N) is 2. The number of nitrogens with one attached hydrogen (secondary N) is 1. The molecule has 1 aromatic rings. The Bertz CT molecular complexity index is 258. The number of anilines is 1. The van der Waals surface area contributed by atoms with Gasteiger partial charge in [-0.2, -0.15) is 0 Å². The lowest BCUT2D eigenvalue weighted by molar-refractivity contribution is 0.488. The largest absolute Gasteiger partial charge is 0.363 e. The van der Waals surface area contributed by atoms with Crippen LogP contribution in [0.25, 0.3) is 0 Å². The van der Waals surface area contributed by atoms with Gasteiger partial charge < -0.3 is 11.1 Å². The van der Waals surface area contributed by atoms with Gasteiger partial charge in [0, 0.05) is 19.5 Å². The zero-order valence-corrected chi connectivity index (χ0v) is 9.06. The first kappa shape index (κ1) is 10.4. The van der Waals surface area contributed by atoms with Crippen molar-refractivity contribution in [2.45, 2.75) is 26.3 Å². The number of hydrogen-bond acceptors (Lipinski definition) is 5. The highest BCUT2D eigenvalue weighted by atomic mass is 32.1. The zero-order chi connectivity index (χ0) is 9.84. The molecule has 3 N–H and O–H groups in total. The van der Waals surface area contributed by atoms with Gasteiger partial charge in [-0.3, -0.25) is 0 Å². The normalized spacial score (nSPS) is 13.3. The zero-order valence-electron chi connectivity index (χ0n) is 8.24. The van der Waals surface area contributed by atoms with Gasteiger partial charge in [-0.25, -0.2) is 0 Å². The molecule has 5 heteroatoms. The topological polar surface area (TPSA) is 63.8 Å². The first-order chi connectivity index (χ1) is 6.13. The molecule has 0 aliphatic heterocycles. The fourth-order valence-corrected chi connectivity index (χ4v) is 1.64. The summed E-state index contributed by atoms with van der Waals surface area (Å²) in [5.41, 5.74) is 5.92. The lowest BCUT2D eigenvalue weighted by Gasteiger charge is -2.12. The molecule has 0 spiro atoms. The number of aromatic nitrogens is 2. The molecule has 0 aliphatic rings. The Kier molecular flexibility index (Phi) is 3.62. The number of hydrogen-bond donors (Lipinski definition) is 2. The van der Waals surface area contributed by atoms with Crippen LogP contribution in [0.3, 0.4) is 0 Å². The maximum Gasteiger partial charge on any atom is 0.205 e. The first-order valence-corrected chi connectivity index (χ1v) is 5.21. The highest BCUT2D eigenvalue weighted by Gasteiger charge is 2.11. The summed E-state index contributed by atoms with van der Waals surface area (Å²) in [6, 6.07) is 0.178. The van der Waals surface area contributed by atoms with Gasteiger partial charge in [0.15, 0.2) is 0 Å². The molecule has 0 fully saturated rings. The third-order valence-electron chi connectivity index (χ3n) is 1.95. The summed E-state index contributed by atoms with van der Waals surface area (Å²) in [5, 5.41) is 12.8. The maximum atomic E-state index is 5.92. The predicted molar refractivity (Wildman–Crippen MR) is 56.0 cm³/mol. The Morgan fingerprint density at radius 3 is 2.62 bits per heavy atom. The summed E-state index contributed by atoms with van der Waals surface area (Å²) in [5.74, 6) is 0.488.